The summed E-state index contributed by atoms with van der Waals surface area (Å²) in [5.74, 6) is 1.27. The Hall–Kier alpha value is -1.59. The summed E-state index contributed by atoms with van der Waals surface area (Å²) in [6.07, 6.45) is 2.47. The molecule has 0 aliphatic rings. The molecule has 0 N–H and O–H groups in total. The molecule has 0 saturated carbocycles. The monoisotopic (exact) mass is 296 g/mol. The highest BCUT2D eigenvalue weighted by atomic mass is 16.5. The molecule has 0 amide bonds. The summed E-state index contributed by atoms with van der Waals surface area (Å²) in [5, 5.41) is 0. The third kappa shape index (κ3) is 7.11. The molecule has 0 radical (unpaired) electrons. The lowest BCUT2D eigenvalue weighted by Gasteiger charge is -2.11. The van der Waals surface area contributed by atoms with Gasteiger partial charge in [-0.2, -0.15) is 0 Å². The summed E-state index contributed by atoms with van der Waals surface area (Å²) < 4.78 is 21.4. The molecule has 1 aromatic carbocycles. The number of aldehydes is 1. The molecule has 0 saturated heterocycles. The van der Waals surface area contributed by atoms with E-state index in [0.29, 0.717) is 50.1 Å². The van der Waals surface area contributed by atoms with Gasteiger partial charge >= 0.3 is 0 Å². The average molecular weight is 296 g/mol. The Morgan fingerprint density at radius 1 is 1.05 bits per heavy atom. The van der Waals surface area contributed by atoms with Crippen molar-refractivity contribution in [2.24, 2.45) is 0 Å². The van der Waals surface area contributed by atoms with Crippen LogP contribution >= 0.6 is 0 Å². The molecular weight excluding hydrogens is 272 g/mol. The summed E-state index contributed by atoms with van der Waals surface area (Å²) in [7, 11) is 1.64. The predicted octanol–water partition coefficient (Wildman–Crippen LogP) is 2.72. The van der Waals surface area contributed by atoms with Crippen LogP contribution in [0.3, 0.4) is 0 Å². The number of methoxy groups -OCH3 is 1. The topological polar surface area (TPSA) is 54.0 Å². The van der Waals surface area contributed by atoms with E-state index >= 15 is 0 Å². The van der Waals surface area contributed by atoms with E-state index in [-0.39, 0.29) is 0 Å². The van der Waals surface area contributed by atoms with Gasteiger partial charge in [-0.25, -0.2) is 0 Å². The SMILES string of the molecule is CCCOc1ccc(C=O)c(OCCCOCCOC)c1. The second kappa shape index (κ2) is 11.1. The maximum atomic E-state index is 11.0. The molecule has 1 rings (SSSR count). The molecule has 0 aliphatic heterocycles. The summed E-state index contributed by atoms with van der Waals surface area (Å²) >= 11 is 0. The quantitative estimate of drug-likeness (QED) is 0.438. The lowest BCUT2D eigenvalue weighted by atomic mass is 10.2. The van der Waals surface area contributed by atoms with E-state index in [4.69, 9.17) is 18.9 Å². The summed E-state index contributed by atoms with van der Waals surface area (Å²) in [5.41, 5.74) is 0.527. The summed E-state index contributed by atoms with van der Waals surface area (Å²) in [6, 6.07) is 5.24. The van der Waals surface area contributed by atoms with Crippen LogP contribution in [-0.4, -0.2) is 46.4 Å². The van der Waals surface area contributed by atoms with E-state index in [1.54, 1.807) is 25.3 Å². The van der Waals surface area contributed by atoms with Crippen molar-refractivity contribution in [1.29, 1.82) is 0 Å². The van der Waals surface area contributed by atoms with Crippen molar-refractivity contribution in [3.05, 3.63) is 23.8 Å². The Morgan fingerprint density at radius 3 is 2.62 bits per heavy atom. The van der Waals surface area contributed by atoms with Gasteiger partial charge in [0.05, 0.1) is 32.0 Å². The largest absolute Gasteiger partial charge is 0.493 e. The van der Waals surface area contributed by atoms with Gasteiger partial charge in [-0.15, -0.1) is 0 Å². The Balaban J connectivity index is 2.39. The highest BCUT2D eigenvalue weighted by Crippen LogP contribution is 2.24. The number of ether oxygens (including phenoxy) is 4. The first-order chi connectivity index (χ1) is 10.3. The van der Waals surface area contributed by atoms with E-state index in [9.17, 15) is 4.79 Å². The molecule has 0 atom stereocenters. The fraction of sp³-hybridized carbons (Fsp3) is 0.562. The molecule has 0 heterocycles. The minimum absolute atomic E-state index is 0.491. The van der Waals surface area contributed by atoms with Crippen LogP contribution in [0.4, 0.5) is 0 Å². The van der Waals surface area contributed by atoms with Gasteiger partial charge in [0, 0.05) is 26.2 Å². The highest BCUT2D eigenvalue weighted by Gasteiger charge is 2.05. The molecule has 0 spiro atoms. The van der Waals surface area contributed by atoms with E-state index in [0.717, 1.165) is 19.1 Å². The number of carbonyl (C=O) groups excluding carboxylic acids is 1. The van der Waals surface area contributed by atoms with Crippen LogP contribution in [0.2, 0.25) is 0 Å². The highest BCUT2D eigenvalue weighted by molar-refractivity contribution is 5.79. The van der Waals surface area contributed by atoms with Gasteiger partial charge in [-0.3, -0.25) is 4.79 Å². The van der Waals surface area contributed by atoms with Gasteiger partial charge in [0.25, 0.3) is 0 Å². The molecular formula is C16H24O5. The van der Waals surface area contributed by atoms with Crippen LogP contribution in [0.25, 0.3) is 0 Å². The maximum absolute atomic E-state index is 11.0. The molecule has 1 aromatic rings. The lowest BCUT2D eigenvalue weighted by Crippen LogP contribution is -2.07. The minimum Gasteiger partial charge on any atom is -0.493 e. The first-order valence-electron chi connectivity index (χ1n) is 7.23. The van der Waals surface area contributed by atoms with Crippen molar-refractivity contribution in [3.63, 3.8) is 0 Å². The molecule has 0 bridgehead atoms. The van der Waals surface area contributed by atoms with Gasteiger partial charge < -0.3 is 18.9 Å². The Bertz CT molecular complexity index is 406. The van der Waals surface area contributed by atoms with Crippen LogP contribution in [0.5, 0.6) is 11.5 Å². The number of hydrogen-bond donors (Lipinski definition) is 0. The number of carbonyl (C=O) groups is 1. The molecule has 5 nitrogen and oxygen atoms in total. The summed E-state index contributed by atoms with van der Waals surface area (Å²) in [4.78, 5) is 11.0. The number of hydrogen-bond acceptors (Lipinski definition) is 5. The van der Waals surface area contributed by atoms with E-state index < -0.39 is 0 Å². The maximum Gasteiger partial charge on any atom is 0.153 e. The van der Waals surface area contributed by atoms with Crippen molar-refractivity contribution in [2.45, 2.75) is 19.8 Å². The standard InChI is InChI=1S/C16H24O5/c1-3-7-20-15-6-5-14(13-17)16(12-15)21-9-4-8-19-11-10-18-2/h5-6,12-13H,3-4,7-11H2,1-2H3. The molecule has 0 aromatic heterocycles. The van der Waals surface area contributed by atoms with Crippen molar-refractivity contribution >= 4 is 6.29 Å². The van der Waals surface area contributed by atoms with E-state index in [1.165, 1.54) is 0 Å². The van der Waals surface area contributed by atoms with Gasteiger partial charge in [-0.05, 0) is 18.6 Å². The molecule has 21 heavy (non-hydrogen) atoms. The van der Waals surface area contributed by atoms with Gasteiger partial charge in [0.15, 0.2) is 6.29 Å². The van der Waals surface area contributed by atoms with E-state index in [2.05, 4.69) is 0 Å². The van der Waals surface area contributed by atoms with Crippen LogP contribution in [0.1, 0.15) is 30.1 Å². The predicted molar refractivity (Wildman–Crippen MR) is 80.4 cm³/mol. The zero-order valence-corrected chi connectivity index (χ0v) is 12.8. The van der Waals surface area contributed by atoms with Gasteiger partial charge in [-0.1, -0.05) is 6.92 Å². The second-order valence-corrected chi connectivity index (χ2v) is 4.47. The van der Waals surface area contributed by atoms with Crippen molar-refractivity contribution < 1.29 is 23.7 Å². The van der Waals surface area contributed by atoms with Crippen molar-refractivity contribution in [1.82, 2.24) is 0 Å². The normalized spacial score (nSPS) is 10.4. The van der Waals surface area contributed by atoms with Crippen molar-refractivity contribution in [2.75, 3.05) is 40.1 Å². The van der Waals surface area contributed by atoms with Crippen LogP contribution in [-0.2, 0) is 9.47 Å². The third-order valence-electron chi connectivity index (χ3n) is 2.71. The smallest absolute Gasteiger partial charge is 0.153 e. The third-order valence-corrected chi connectivity index (χ3v) is 2.71. The minimum atomic E-state index is 0.491. The average Bonchev–Trinajstić information content (AvgIpc) is 2.52. The molecule has 0 unspecified atom stereocenters. The molecule has 0 aliphatic carbocycles. The van der Waals surface area contributed by atoms with Crippen LogP contribution in [0.15, 0.2) is 18.2 Å². The van der Waals surface area contributed by atoms with E-state index in [1.807, 2.05) is 6.92 Å². The van der Waals surface area contributed by atoms with Crippen LogP contribution in [0, 0.1) is 0 Å². The first kappa shape index (κ1) is 17.5. The van der Waals surface area contributed by atoms with Gasteiger partial charge in [0.1, 0.15) is 11.5 Å². The molecule has 118 valence electrons. The van der Waals surface area contributed by atoms with Gasteiger partial charge in [0.2, 0.25) is 0 Å². The number of benzene rings is 1. The molecule has 5 heteroatoms. The number of rotatable bonds is 12. The second-order valence-electron chi connectivity index (χ2n) is 4.47. The Kier molecular flexibility index (Phi) is 9.24. The zero-order valence-electron chi connectivity index (χ0n) is 12.8. The first-order valence-corrected chi connectivity index (χ1v) is 7.23. The Labute approximate surface area is 126 Å². The fourth-order valence-corrected chi connectivity index (χ4v) is 1.63. The molecule has 0 fully saturated rings. The fourth-order valence-electron chi connectivity index (χ4n) is 1.63. The van der Waals surface area contributed by atoms with Crippen LogP contribution < -0.4 is 9.47 Å². The lowest BCUT2D eigenvalue weighted by molar-refractivity contribution is 0.0644. The Morgan fingerprint density at radius 2 is 1.90 bits per heavy atom. The zero-order chi connectivity index (χ0) is 15.3. The van der Waals surface area contributed by atoms with Crippen molar-refractivity contribution in [3.8, 4) is 11.5 Å². The summed E-state index contributed by atoms with van der Waals surface area (Å²) in [6.45, 7) is 4.95.